The van der Waals surface area contributed by atoms with Gasteiger partial charge in [0.25, 0.3) is 0 Å². The summed E-state index contributed by atoms with van der Waals surface area (Å²) >= 11 is 3.47. The van der Waals surface area contributed by atoms with Gasteiger partial charge in [-0.3, -0.25) is 5.84 Å². The molecule has 0 saturated heterocycles. The largest absolute Gasteiger partial charge is 0.271 e. The molecule has 0 fully saturated rings. The van der Waals surface area contributed by atoms with Crippen molar-refractivity contribution < 1.29 is 0 Å². The first-order valence-electron chi connectivity index (χ1n) is 4.36. The van der Waals surface area contributed by atoms with E-state index in [1.165, 1.54) is 15.3 Å². The molecule has 0 aliphatic rings. The molecule has 0 spiro atoms. The molecule has 4 heteroatoms. The second kappa shape index (κ2) is 4.23. The summed E-state index contributed by atoms with van der Waals surface area (Å²) in [6.45, 7) is 2.11. The molecule has 2 aromatic rings. The minimum atomic E-state index is 0.139. The quantitative estimate of drug-likeness (QED) is 0.621. The summed E-state index contributed by atoms with van der Waals surface area (Å²) in [4.78, 5) is 2.58. The van der Waals surface area contributed by atoms with E-state index in [0.717, 1.165) is 0 Å². The Kier molecular flexibility index (Phi) is 2.98. The third-order valence-electron chi connectivity index (χ3n) is 2.09. The maximum absolute atomic E-state index is 5.57. The van der Waals surface area contributed by atoms with E-state index in [1.807, 2.05) is 0 Å². The zero-order valence-corrected chi connectivity index (χ0v) is 9.49. The fourth-order valence-electron chi connectivity index (χ4n) is 1.39. The molecule has 2 heterocycles. The van der Waals surface area contributed by atoms with Crippen LogP contribution in [0.5, 0.6) is 0 Å². The molecule has 1 unspecified atom stereocenters. The van der Waals surface area contributed by atoms with Gasteiger partial charge in [0.15, 0.2) is 0 Å². The second-order valence-corrected chi connectivity index (χ2v) is 5.20. The average Bonchev–Trinajstić information content (AvgIpc) is 2.79. The van der Waals surface area contributed by atoms with E-state index in [9.17, 15) is 0 Å². The molecule has 2 aromatic heterocycles. The number of rotatable bonds is 3. The molecule has 74 valence electrons. The van der Waals surface area contributed by atoms with Gasteiger partial charge in [-0.15, -0.1) is 11.3 Å². The summed E-state index contributed by atoms with van der Waals surface area (Å²) in [6.07, 6.45) is 0. The molecule has 0 aromatic carbocycles. The molecule has 2 nitrogen and oxygen atoms in total. The summed E-state index contributed by atoms with van der Waals surface area (Å²) in [5.74, 6) is 5.57. The Morgan fingerprint density at radius 2 is 2.21 bits per heavy atom. The van der Waals surface area contributed by atoms with Crippen LogP contribution in [-0.2, 0) is 0 Å². The predicted octanol–water partition coefficient (Wildman–Crippen LogP) is 2.67. The Labute approximate surface area is 91.4 Å². The first-order valence-corrected chi connectivity index (χ1v) is 6.12. The Morgan fingerprint density at radius 1 is 1.36 bits per heavy atom. The minimum absolute atomic E-state index is 0.139. The maximum atomic E-state index is 5.57. The van der Waals surface area contributed by atoms with E-state index in [4.69, 9.17) is 5.84 Å². The fourth-order valence-corrected chi connectivity index (χ4v) is 3.04. The standard InChI is InChI=1S/C10H12N2S2/c1-7-2-3-9(14-7)10(12-11)8-4-5-13-6-8/h2-6,10,12H,11H2,1H3. The Morgan fingerprint density at radius 3 is 2.71 bits per heavy atom. The van der Waals surface area contributed by atoms with Crippen LogP contribution < -0.4 is 11.3 Å². The highest BCUT2D eigenvalue weighted by molar-refractivity contribution is 7.12. The molecule has 0 bridgehead atoms. The van der Waals surface area contributed by atoms with Gasteiger partial charge in [0, 0.05) is 9.75 Å². The van der Waals surface area contributed by atoms with Crippen molar-refractivity contribution in [3.05, 3.63) is 44.3 Å². The maximum Gasteiger partial charge on any atom is 0.0810 e. The van der Waals surface area contributed by atoms with Crippen molar-refractivity contribution in [2.45, 2.75) is 13.0 Å². The van der Waals surface area contributed by atoms with Gasteiger partial charge in [0.05, 0.1) is 6.04 Å². The Hall–Kier alpha value is -0.680. The highest BCUT2D eigenvalue weighted by atomic mass is 32.1. The van der Waals surface area contributed by atoms with Crippen molar-refractivity contribution in [3.63, 3.8) is 0 Å². The third kappa shape index (κ3) is 1.88. The summed E-state index contributed by atoms with van der Waals surface area (Å²) in [6, 6.07) is 6.49. The van der Waals surface area contributed by atoms with Crippen molar-refractivity contribution >= 4 is 22.7 Å². The van der Waals surface area contributed by atoms with Gasteiger partial charge in [0.1, 0.15) is 0 Å². The molecule has 3 N–H and O–H groups in total. The molecule has 2 rings (SSSR count). The number of nitrogens with two attached hydrogens (primary N) is 1. The molecular weight excluding hydrogens is 212 g/mol. The molecule has 0 saturated carbocycles. The molecule has 0 aliphatic carbocycles. The number of thiophene rings is 2. The van der Waals surface area contributed by atoms with Crippen molar-refractivity contribution in [3.8, 4) is 0 Å². The monoisotopic (exact) mass is 224 g/mol. The lowest BCUT2D eigenvalue weighted by atomic mass is 10.1. The predicted molar refractivity (Wildman–Crippen MR) is 62.5 cm³/mol. The van der Waals surface area contributed by atoms with E-state index in [2.05, 4.69) is 41.3 Å². The van der Waals surface area contributed by atoms with E-state index in [1.54, 1.807) is 22.7 Å². The zero-order chi connectivity index (χ0) is 9.97. The van der Waals surface area contributed by atoms with Crippen LogP contribution in [-0.4, -0.2) is 0 Å². The van der Waals surface area contributed by atoms with Crippen molar-refractivity contribution in [1.82, 2.24) is 5.43 Å². The number of aryl methyl sites for hydroxylation is 1. The van der Waals surface area contributed by atoms with Gasteiger partial charge >= 0.3 is 0 Å². The van der Waals surface area contributed by atoms with Gasteiger partial charge in [-0.2, -0.15) is 11.3 Å². The van der Waals surface area contributed by atoms with Crippen molar-refractivity contribution in [2.75, 3.05) is 0 Å². The average molecular weight is 224 g/mol. The number of nitrogens with one attached hydrogen (secondary N) is 1. The smallest absolute Gasteiger partial charge is 0.0810 e. The molecular formula is C10H12N2S2. The van der Waals surface area contributed by atoms with Crippen LogP contribution in [0.15, 0.2) is 29.0 Å². The van der Waals surface area contributed by atoms with Crippen LogP contribution in [0.1, 0.15) is 21.4 Å². The van der Waals surface area contributed by atoms with Crippen LogP contribution in [0.2, 0.25) is 0 Å². The van der Waals surface area contributed by atoms with Gasteiger partial charge in [-0.1, -0.05) is 0 Å². The van der Waals surface area contributed by atoms with Crippen molar-refractivity contribution in [2.24, 2.45) is 5.84 Å². The topological polar surface area (TPSA) is 38.0 Å². The first kappa shape index (κ1) is 9.86. The van der Waals surface area contributed by atoms with E-state index in [0.29, 0.717) is 0 Å². The van der Waals surface area contributed by atoms with Crippen LogP contribution in [0.25, 0.3) is 0 Å². The lowest BCUT2D eigenvalue weighted by molar-refractivity contribution is 0.648. The number of hydrogen-bond donors (Lipinski definition) is 2. The second-order valence-electron chi connectivity index (χ2n) is 3.10. The van der Waals surface area contributed by atoms with Crippen LogP contribution in [0, 0.1) is 6.92 Å². The van der Waals surface area contributed by atoms with Gasteiger partial charge in [-0.05, 0) is 41.4 Å². The zero-order valence-electron chi connectivity index (χ0n) is 7.86. The molecule has 14 heavy (non-hydrogen) atoms. The van der Waals surface area contributed by atoms with Gasteiger partial charge in [-0.25, -0.2) is 5.43 Å². The minimum Gasteiger partial charge on any atom is -0.271 e. The molecule has 0 amide bonds. The summed E-state index contributed by atoms with van der Waals surface area (Å²) in [7, 11) is 0. The Bertz CT molecular complexity index is 392. The molecule has 1 atom stereocenters. The lowest BCUT2D eigenvalue weighted by Gasteiger charge is -2.12. The highest BCUT2D eigenvalue weighted by Gasteiger charge is 2.13. The lowest BCUT2D eigenvalue weighted by Crippen LogP contribution is -2.27. The van der Waals surface area contributed by atoms with Crippen LogP contribution in [0.4, 0.5) is 0 Å². The molecule has 0 aliphatic heterocycles. The van der Waals surface area contributed by atoms with Crippen LogP contribution >= 0.6 is 22.7 Å². The van der Waals surface area contributed by atoms with E-state index < -0.39 is 0 Å². The highest BCUT2D eigenvalue weighted by Crippen LogP contribution is 2.28. The Balaban J connectivity index is 2.31. The molecule has 0 radical (unpaired) electrons. The van der Waals surface area contributed by atoms with E-state index >= 15 is 0 Å². The van der Waals surface area contributed by atoms with Crippen LogP contribution in [0.3, 0.4) is 0 Å². The number of hydrogen-bond acceptors (Lipinski definition) is 4. The van der Waals surface area contributed by atoms with Gasteiger partial charge in [0.2, 0.25) is 0 Å². The fraction of sp³-hybridized carbons (Fsp3) is 0.200. The van der Waals surface area contributed by atoms with Gasteiger partial charge < -0.3 is 0 Å². The third-order valence-corrected chi connectivity index (χ3v) is 3.86. The van der Waals surface area contributed by atoms with Crippen molar-refractivity contribution in [1.29, 1.82) is 0 Å². The summed E-state index contributed by atoms with van der Waals surface area (Å²) in [5.41, 5.74) is 4.09. The first-order chi connectivity index (χ1) is 6.81. The normalized spacial score (nSPS) is 13.0. The number of hydrazine groups is 1. The summed E-state index contributed by atoms with van der Waals surface area (Å²) < 4.78 is 0. The SMILES string of the molecule is Cc1ccc(C(NN)c2ccsc2)s1. The van der Waals surface area contributed by atoms with E-state index in [-0.39, 0.29) is 6.04 Å². The summed E-state index contributed by atoms with van der Waals surface area (Å²) in [5, 5.41) is 4.19.